The Labute approximate surface area is 77.1 Å². The van der Waals surface area contributed by atoms with Gasteiger partial charge in [-0.2, -0.15) is 5.10 Å². The highest BCUT2D eigenvalue weighted by molar-refractivity contribution is 9.10. The van der Waals surface area contributed by atoms with E-state index in [0.29, 0.717) is 4.47 Å². The Morgan fingerprint density at radius 3 is 3.08 bits per heavy atom. The van der Waals surface area contributed by atoms with Crippen LogP contribution in [0, 0.1) is 0 Å². The summed E-state index contributed by atoms with van der Waals surface area (Å²) in [5.74, 6) is -1.03. The van der Waals surface area contributed by atoms with E-state index in [1.807, 2.05) is 0 Å². The van der Waals surface area contributed by atoms with Crippen LogP contribution in [-0.4, -0.2) is 28.0 Å². The summed E-state index contributed by atoms with van der Waals surface area (Å²) in [6.45, 7) is 0.132. The van der Waals surface area contributed by atoms with Crippen LogP contribution in [0.2, 0.25) is 0 Å². The van der Waals surface area contributed by atoms with Crippen LogP contribution in [0.3, 0.4) is 0 Å². The first-order valence-electron chi connectivity index (χ1n) is 3.10. The zero-order chi connectivity index (χ0) is 9.14. The molecule has 1 heterocycles. The quantitative estimate of drug-likeness (QED) is 0.846. The monoisotopic (exact) mass is 234 g/mol. The van der Waals surface area contributed by atoms with Gasteiger partial charge in [-0.15, -0.1) is 0 Å². The number of rotatable bonds is 3. The number of methoxy groups -OCH3 is 1. The van der Waals surface area contributed by atoms with E-state index in [9.17, 15) is 4.79 Å². The number of carboxylic acids is 1. The van der Waals surface area contributed by atoms with Crippen LogP contribution in [0.4, 0.5) is 0 Å². The van der Waals surface area contributed by atoms with E-state index in [-0.39, 0.29) is 12.4 Å². The Bertz CT molecular complexity index is 297. The van der Waals surface area contributed by atoms with Gasteiger partial charge in [0.25, 0.3) is 0 Å². The molecule has 1 rings (SSSR count). The lowest BCUT2D eigenvalue weighted by Gasteiger charge is -2.01. The van der Waals surface area contributed by atoms with Gasteiger partial charge in [0.05, 0.1) is 10.7 Å². The van der Waals surface area contributed by atoms with Gasteiger partial charge in [-0.1, -0.05) is 0 Å². The third-order valence-electron chi connectivity index (χ3n) is 1.25. The summed E-state index contributed by atoms with van der Waals surface area (Å²) in [5, 5.41) is 12.5. The molecule has 5 nitrogen and oxygen atoms in total. The molecule has 0 amide bonds. The van der Waals surface area contributed by atoms with E-state index in [0.717, 1.165) is 0 Å². The van der Waals surface area contributed by atoms with Crippen LogP contribution < -0.4 is 0 Å². The fourth-order valence-corrected chi connectivity index (χ4v) is 1.26. The molecule has 0 aromatic carbocycles. The summed E-state index contributed by atoms with van der Waals surface area (Å²) in [7, 11) is 1.47. The van der Waals surface area contributed by atoms with Gasteiger partial charge in [0, 0.05) is 7.11 Å². The SMILES string of the molecule is COCn1ncc(Br)c1C(=O)O. The number of aromatic carboxylic acids is 1. The molecule has 0 bridgehead atoms. The Hall–Kier alpha value is -0.880. The highest BCUT2D eigenvalue weighted by Gasteiger charge is 2.15. The van der Waals surface area contributed by atoms with Crippen LogP contribution in [0.1, 0.15) is 10.5 Å². The second kappa shape index (κ2) is 3.68. The molecule has 0 atom stereocenters. The summed E-state index contributed by atoms with van der Waals surface area (Å²) in [5.41, 5.74) is 0.0943. The topological polar surface area (TPSA) is 64.4 Å². The molecule has 66 valence electrons. The fourth-order valence-electron chi connectivity index (χ4n) is 0.795. The van der Waals surface area contributed by atoms with Crippen molar-refractivity contribution >= 4 is 21.9 Å². The van der Waals surface area contributed by atoms with Crippen molar-refractivity contribution in [3.8, 4) is 0 Å². The van der Waals surface area contributed by atoms with Crippen LogP contribution in [0.5, 0.6) is 0 Å². The van der Waals surface area contributed by atoms with Gasteiger partial charge < -0.3 is 9.84 Å². The van der Waals surface area contributed by atoms with Crippen molar-refractivity contribution in [1.82, 2.24) is 9.78 Å². The number of carboxylic acid groups (broad SMARTS) is 1. The summed E-state index contributed by atoms with van der Waals surface area (Å²) >= 11 is 3.07. The second-order valence-electron chi connectivity index (χ2n) is 2.06. The number of nitrogens with zero attached hydrogens (tertiary/aromatic N) is 2. The predicted octanol–water partition coefficient (Wildman–Crippen LogP) is 0.948. The van der Waals surface area contributed by atoms with E-state index >= 15 is 0 Å². The van der Waals surface area contributed by atoms with Crippen molar-refractivity contribution in [2.75, 3.05) is 7.11 Å². The van der Waals surface area contributed by atoms with Crippen molar-refractivity contribution in [1.29, 1.82) is 0 Å². The lowest BCUT2D eigenvalue weighted by Crippen LogP contribution is -2.11. The fraction of sp³-hybridized carbons (Fsp3) is 0.333. The van der Waals surface area contributed by atoms with Gasteiger partial charge in [-0.3, -0.25) is 0 Å². The van der Waals surface area contributed by atoms with Gasteiger partial charge in [-0.25, -0.2) is 9.48 Å². The minimum absolute atomic E-state index is 0.0943. The molecule has 0 fully saturated rings. The normalized spacial score (nSPS) is 10.2. The van der Waals surface area contributed by atoms with Gasteiger partial charge in [0.15, 0.2) is 5.69 Å². The van der Waals surface area contributed by atoms with Gasteiger partial charge in [0.2, 0.25) is 0 Å². The number of hydrogen-bond acceptors (Lipinski definition) is 3. The minimum Gasteiger partial charge on any atom is -0.476 e. The Kier molecular flexibility index (Phi) is 2.83. The van der Waals surface area contributed by atoms with E-state index in [1.54, 1.807) is 0 Å². The van der Waals surface area contributed by atoms with E-state index in [1.165, 1.54) is 18.0 Å². The molecule has 0 aliphatic carbocycles. The van der Waals surface area contributed by atoms with E-state index in [4.69, 9.17) is 9.84 Å². The molecule has 0 radical (unpaired) electrons. The number of aromatic nitrogens is 2. The van der Waals surface area contributed by atoms with Crippen LogP contribution >= 0.6 is 15.9 Å². The molecule has 0 aliphatic rings. The Morgan fingerprint density at radius 2 is 2.58 bits per heavy atom. The zero-order valence-corrected chi connectivity index (χ0v) is 7.91. The lowest BCUT2D eigenvalue weighted by atomic mass is 10.4. The molecule has 1 aromatic heterocycles. The molecule has 0 saturated carbocycles. The number of halogens is 1. The van der Waals surface area contributed by atoms with Crippen molar-refractivity contribution in [2.24, 2.45) is 0 Å². The molecule has 6 heteroatoms. The van der Waals surface area contributed by atoms with Crippen LogP contribution in [0.25, 0.3) is 0 Å². The van der Waals surface area contributed by atoms with E-state index < -0.39 is 5.97 Å². The van der Waals surface area contributed by atoms with Gasteiger partial charge in [-0.05, 0) is 15.9 Å². The molecule has 0 saturated heterocycles. The maximum atomic E-state index is 10.6. The summed E-state index contributed by atoms with van der Waals surface area (Å²) in [6.07, 6.45) is 1.42. The molecule has 1 N–H and O–H groups in total. The summed E-state index contributed by atoms with van der Waals surface area (Å²) in [4.78, 5) is 10.6. The first-order valence-corrected chi connectivity index (χ1v) is 3.89. The molecular formula is C6H7BrN2O3. The lowest BCUT2D eigenvalue weighted by molar-refractivity contribution is 0.0649. The predicted molar refractivity (Wildman–Crippen MR) is 43.9 cm³/mol. The zero-order valence-electron chi connectivity index (χ0n) is 6.32. The van der Waals surface area contributed by atoms with Crippen LogP contribution in [0.15, 0.2) is 10.7 Å². The molecule has 0 unspecified atom stereocenters. The number of hydrogen-bond donors (Lipinski definition) is 1. The van der Waals surface area contributed by atoms with Crippen molar-refractivity contribution in [2.45, 2.75) is 6.73 Å². The highest BCUT2D eigenvalue weighted by Crippen LogP contribution is 2.15. The second-order valence-corrected chi connectivity index (χ2v) is 2.92. The third kappa shape index (κ3) is 1.64. The molecule has 0 aliphatic heterocycles. The van der Waals surface area contributed by atoms with Crippen molar-refractivity contribution < 1.29 is 14.6 Å². The van der Waals surface area contributed by atoms with Gasteiger partial charge >= 0.3 is 5.97 Å². The molecular weight excluding hydrogens is 228 g/mol. The molecule has 1 aromatic rings. The van der Waals surface area contributed by atoms with Crippen molar-refractivity contribution in [3.63, 3.8) is 0 Å². The molecule has 0 spiro atoms. The average molecular weight is 235 g/mol. The highest BCUT2D eigenvalue weighted by atomic mass is 79.9. The first kappa shape index (κ1) is 9.21. The van der Waals surface area contributed by atoms with Gasteiger partial charge in [0.1, 0.15) is 6.73 Å². The third-order valence-corrected chi connectivity index (χ3v) is 1.83. The molecule has 12 heavy (non-hydrogen) atoms. The number of carbonyl (C=O) groups is 1. The Morgan fingerprint density at radius 1 is 1.92 bits per heavy atom. The largest absolute Gasteiger partial charge is 0.476 e. The summed E-state index contributed by atoms with van der Waals surface area (Å²) < 4.78 is 6.46. The number of ether oxygens (including phenoxy) is 1. The van der Waals surface area contributed by atoms with Crippen LogP contribution in [-0.2, 0) is 11.5 Å². The standard InChI is InChI=1S/C6H7BrN2O3/c1-12-3-9-5(6(10)11)4(7)2-8-9/h2H,3H2,1H3,(H,10,11). The minimum atomic E-state index is -1.03. The average Bonchev–Trinajstić information content (AvgIpc) is 2.32. The smallest absolute Gasteiger partial charge is 0.355 e. The first-order chi connectivity index (χ1) is 5.66. The van der Waals surface area contributed by atoms with Crippen molar-refractivity contribution in [3.05, 3.63) is 16.4 Å². The Balaban J connectivity index is 3.04. The maximum absolute atomic E-state index is 10.6. The van der Waals surface area contributed by atoms with E-state index in [2.05, 4.69) is 21.0 Å². The summed E-state index contributed by atoms with van der Waals surface area (Å²) in [6, 6.07) is 0. The maximum Gasteiger partial charge on any atom is 0.355 e.